The molecule has 0 saturated carbocycles. The van der Waals surface area contributed by atoms with Crippen molar-refractivity contribution in [3.63, 3.8) is 0 Å². The normalized spacial score (nSPS) is 28.1. The van der Waals surface area contributed by atoms with Crippen LogP contribution in [0.4, 0.5) is 0 Å². The Kier molecular flexibility index (Phi) is 3.70. The molecule has 0 amide bonds. The Labute approximate surface area is 90.2 Å². The molecule has 0 radical (unpaired) electrons. The SMILES string of the molecule is CC(C)(C)OC(=O)C1CC(CO)N(N)C1. The summed E-state index contributed by atoms with van der Waals surface area (Å²) in [7, 11) is 0. The minimum absolute atomic E-state index is 0.0181. The number of hydrogen-bond donors (Lipinski definition) is 2. The van der Waals surface area contributed by atoms with E-state index in [1.54, 1.807) is 0 Å². The van der Waals surface area contributed by atoms with Gasteiger partial charge >= 0.3 is 5.97 Å². The van der Waals surface area contributed by atoms with Crippen molar-refractivity contribution in [2.24, 2.45) is 11.8 Å². The quantitative estimate of drug-likeness (QED) is 0.497. The fraction of sp³-hybridized carbons (Fsp3) is 0.900. The summed E-state index contributed by atoms with van der Waals surface area (Å²) in [6.45, 7) is 5.95. The molecule has 0 aromatic heterocycles. The molecule has 0 aromatic rings. The van der Waals surface area contributed by atoms with Gasteiger partial charge < -0.3 is 9.84 Å². The van der Waals surface area contributed by atoms with Crippen LogP contribution in [0.1, 0.15) is 27.2 Å². The van der Waals surface area contributed by atoms with E-state index >= 15 is 0 Å². The van der Waals surface area contributed by atoms with Crippen molar-refractivity contribution in [3.8, 4) is 0 Å². The van der Waals surface area contributed by atoms with Crippen molar-refractivity contribution < 1.29 is 14.6 Å². The first-order valence-corrected chi connectivity index (χ1v) is 5.18. The van der Waals surface area contributed by atoms with E-state index in [0.29, 0.717) is 13.0 Å². The first-order chi connectivity index (χ1) is 6.83. The number of carbonyl (C=O) groups excluding carboxylic acids is 1. The highest BCUT2D eigenvalue weighted by Gasteiger charge is 2.36. The van der Waals surface area contributed by atoms with E-state index in [-0.39, 0.29) is 24.5 Å². The summed E-state index contributed by atoms with van der Waals surface area (Å²) in [5.41, 5.74) is -0.464. The van der Waals surface area contributed by atoms with Gasteiger partial charge in [0.15, 0.2) is 0 Å². The number of ether oxygens (including phenoxy) is 1. The molecular formula is C10H20N2O3. The predicted molar refractivity (Wildman–Crippen MR) is 55.7 cm³/mol. The third-order valence-electron chi connectivity index (χ3n) is 2.41. The Morgan fingerprint density at radius 2 is 2.20 bits per heavy atom. The van der Waals surface area contributed by atoms with Gasteiger partial charge in [0.25, 0.3) is 0 Å². The Balaban J connectivity index is 2.50. The molecule has 1 aliphatic rings. The molecule has 3 N–H and O–H groups in total. The van der Waals surface area contributed by atoms with Gasteiger partial charge in [0.1, 0.15) is 5.60 Å². The van der Waals surface area contributed by atoms with Gasteiger partial charge in [-0.1, -0.05) is 0 Å². The number of esters is 1. The van der Waals surface area contributed by atoms with Gasteiger partial charge in [-0.3, -0.25) is 10.6 Å². The molecule has 1 saturated heterocycles. The van der Waals surface area contributed by atoms with Crippen LogP contribution in [0.3, 0.4) is 0 Å². The lowest BCUT2D eigenvalue weighted by atomic mass is 10.1. The van der Waals surface area contributed by atoms with Crippen molar-refractivity contribution in [2.45, 2.75) is 38.8 Å². The van der Waals surface area contributed by atoms with Crippen molar-refractivity contribution >= 4 is 5.97 Å². The summed E-state index contributed by atoms with van der Waals surface area (Å²) in [4.78, 5) is 11.7. The second kappa shape index (κ2) is 4.47. The molecule has 1 rings (SSSR count). The maximum Gasteiger partial charge on any atom is 0.310 e. The minimum Gasteiger partial charge on any atom is -0.460 e. The summed E-state index contributed by atoms with van der Waals surface area (Å²) in [6, 6.07) is -0.123. The molecule has 0 aliphatic carbocycles. The fourth-order valence-electron chi connectivity index (χ4n) is 1.68. The maximum atomic E-state index is 11.7. The smallest absolute Gasteiger partial charge is 0.310 e. The first-order valence-electron chi connectivity index (χ1n) is 5.18. The van der Waals surface area contributed by atoms with Crippen LogP contribution < -0.4 is 5.84 Å². The lowest BCUT2D eigenvalue weighted by Gasteiger charge is -2.21. The number of rotatable bonds is 2. The van der Waals surface area contributed by atoms with Crippen LogP contribution in [0.5, 0.6) is 0 Å². The minimum atomic E-state index is -0.464. The molecule has 88 valence electrons. The van der Waals surface area contributed by atoms with Crippen LogP contribution in [0, 0.1) is 5.92 Å². The molecule has 2 unspecified atom stereocenters. The molecule has 1 fully saturated rings. The average Bonchev–Trinajstić information content (AvgIpc) is 2.43. The molecule has 5 nitrogen and oxygen atoms in total. The monoisotopic (exact) mass is 216 g/mol. The van der Waals surface area contributed by atoms with Gasteiger partial charge in [0, 0.05) is 12.6 Å². The van der Waals surface area contributed by atoms with E-state index < -0.39 is 5.60 Å². The third-order valence-corrected chi connectivity index (χ3v) is 2.41. The van der Waals surface area contributed by atoms with Crippen LogP contribution in [-0.4, -0.2) is 40.9 Å². The van der Waals surface area contributed by atoms with E-state index in [1.165, 1.54) is 5.01 Å². The second-order valence-electron chi connectivity index (χ2n) is 5.00. The summed E-state index contributed by atoms with van der Waals surface area (Å²) in [5.74, 6) is 5.20. The average molecular weight is 216 g/mol. The highest BCUT2D eigenvalue weighted by Crippen LogP contribution is 2.23. The molecule has 1 heterocycles. The van der Waals surface area contributed by atoms with Crippen molar-refractivity contribution in [1.82, 2.24) is 5.01 Å². The van der Waals surface area contributed by atoms with E-state index in [9.17, 15) is 4.79 Å². The van der Waals surface area contributed by atoms with Crippen molar-refractivity contribution in [2.75, 3.05) is 13.2 Å². The number of nitrogens with zero attached hydrogens (tertiary/aromatic N) is 1. The van der Waals surface area contributed by atoms with E-state index in [0.717, 1.165) is 0 Å². The van der Waals surface area contributed by atoms with Gasteiger partial charge in [-0.05, 0) is 27.2 Å². The van der Waals surface area contributed by atoms with E-state index in [4.69, 9.17) is 15.7 Å². The van der Waals surface area contributed by atoms with E-state index in [1.807, 2.05) is 20.8 Å². The molecule has 0 aromatic carbocycles. The first kappa shape index (κ1) is 12.4. The van der Waals surface area contributed by atoms with Gasteiger partial charge in [0.2, 0.25) is 0 Å². The standard InChI is InChI=1S/C10H20N2O3/c1-10(2,3)15-9(14)7-4-8(6-13)12(11)5-7/h7-8,13H,4-6,11H2,1-3H3. The number of hydrazine groups is 1. The highest BCUT2D eigenvalue weighted by atomic mass is 16.6. The van der Waals surface area contributed by atoms with Crippen LogP contribution in [0.2, 0.25) is 0 Å². The summed E-state index contributed by atoms with van der Waals surface area (Å²) >= 11 is 0. The topological polar surface area (TPSA) is 75.8 Å². The van der Waals surface area contributed by atoms with E-state index in [2.05, 4.69) is 0 Å². The number of nitrogens with two attached hydrogens (primary N) is 1. The maximum absolute atomic E-state index is 11.7. The number of aliphatic hydroxyl groups is 1. The molecule has 1 aliphatic heterocycles. The van der Waals surface area contributed by atoms with Gasteiger partial charge in [-0.25, -0.2) is 5.01 Å². The van der Waals surface area contributed by atoms with Crippen LogP contribution in [0.25, 0.3) is 0 Å². The molecule has 15 heavy (non-hydrogen) atoms. The van der Waals surface area contributed by atoms with Crippen LogP contribution in [-0.2, 0) is 9.53 Å². The van der Waals surface area contributed by atoms with Gasteiger partial charge in [0.05, 0.1) is 12.5 Å². The van der Waals surface area contributed by atoms with Gasteiger partial charge in [-0.15, -0.1) is 0 Å². The fourth-order valence-corrected chi connectivity index (χ4v) is 1.68. The zero-order chi connectivity index (χ0) is 11.6. The Morgan fingerprint density at radius 1 is 1.60 bits per heavy atom. The molecule has 5 heteroatoms. The lowest BCUT2D eigenvalue weighted by Crippen LogP contribution is -2.38. The van der Waals surface area contributed by atoms with Crippen molar-refractivity contribution in [3.05, 3.63) is 0 Å². The Bertz CT molecular complexity index is 237. The summed E-state index contributed by atoms with van der Waals surface area (Å²) in [5, 5.41) is 10.5. The number of carbonyl (C=O) groups is 1. The second-order valence-corrected chi connectivity index (χ2v) is 5.00. The lowest BCUT2D eigenvalue weighted by molar-refractivity contribution is -0.159. The Hall–Kier alpha value is -0.650. The van der Waals surface area contributed by atoms with Gasteiger partial charge in [-0.2, -0.15) is 0 Å². The largest absolute Gasteiger partial charge is 0.460 e. The number of hydrogen-bond acceptors (Lipinski definition) is 5. The zero-order valence-corrected chi connectivity index (χ0v) is 9.56. The van der Waals surface area contributed by atoms with Crippen LogP contribution in [0.15, 0.2) is 0 Å². The number of aliphatic hydroxyl groups excluding tert-OH is 1. The molecule has 2 atom stereocenters. The zero-order valence-electron chi connectivity index (χ0n) is 9.56. The molecule has 0 spiro atoms. The predicted octanol–water partition coefficient (Wildman–Crippen LogP) is -0.115. The van der Waals surface area contributed by atoms with Crippen LogP contribution >= 0.6 is 0 Å². The summed E-state index contributed by atoms with van der Waals surface area (Å²) < 4.78 is 5.26. The highest BCUT2D eigenvalue weighted by molar-refractivity contribution is 5.73. The van der Waals surface area contributed by atoms with Crippen molar-refractivity contribution in [1.29, 1.82) is 0 Å². The molecule has 0 bridgehead atoms. The Morgan fingerprint density at radius 3 is 2.60 bits per heavy atom. The summed E-state index contributed by atoms with van der Waals surface area (Å²) in [6.07, 6.45) is 0.571. The third kappa shape index (κ3) is 3.44. The molecular weight excluding hydrogens is 196 g/mol.